The van der Waals surface area contributed by atoms with Crippen LogP contribution in [-0.4, -0.2) is 30.2 Å². The molecule has 0 heterocycles. The lowest BCUT2D eigenvalue weighted by atomic mass is 9.72. The Labute approximate surface area is 126 Å². The van der Waals surface area contributed by atoms with Crippen LogP contribution in [0.1, 0.15) is 58.8 Å². The van der Waals surface area contributed by atoms with Gasteiger partial charge in [0.1, 0.15) is 0 Å². The largest absolute Gasteiger partial charge is 0.481 e. The fraction of sp³-hybridized carbons (Fsp3) is 0.875. The van der Waals surface area contributed by atoms with Crippen molar-refractivity contribution in [3.05, 3.63) is 0 Å². The average Bonchev–Trinajstić information content (AvgIpc) is 3.02. The molecule has 0 radical (unpaired) electrons. The molecule has 3 N–H and O–H groups in total. The molecule has 0 aromatic rings. The van der Waals surface area contributed by atoms with E-state index in [0.29, 0.717) is 24.4 Å². The minimum Gasteiger partial charge on any atom is -0.481 e. The van der Waals surface area contributed by atoms with Crippen LogP contribution < -0.4 is 10.6 Å². The van der Waals surface area contributed by atoms with Gasteiger partial charge in [0.15, 0.2) is 0 Å². The van der Waals surface area contributed by atoms with E-state index < -0.39 is 5.97 Å². The van der Waals surface area contributed by atoms with Gasteiger partial charge in [0, 0.05) is 13.1 Å². The van der Waals surface area contributed by atoms with Gasteiger partial charge in [0.25, 0.3) is 0 Å². The first-order valence-electron chi connectivity index (χ1n) is 8.07. The van der Waals surface area contributed by atoms with Crippen molar-refractivity contribution >= 4 is 12.0 Å². The molecule has 2 saturated carbocycles. The Morgan fingerprint density at radius 2 is 1.76 bits per heavy atom. The molecule has 0 bridgehead atoms. The summed E-state index contributed by atoms with van der Waals surface area (Å²) in [7, 11) is 0. The SMILES string of the molecule is CC1(C)CC1CNC(=O)NCC1(CC(=O)O)CCCCC1. The molecule has 0 spiro atoms. The summed E-state index contributed by atoms with van der Waals surface area (Å²) in [6, 6.07) is -0.159. The number of hydrogen-bond acceptors (Lipinski definition) is 2. The molecule has 1 atom stereocenters. The maximum Gasteiger partial charge on any atom is 0.314 e. The second kappa shape index (κ2) is 6.24. The molecule has 2 rings (SSSR count). The molecule has 0 aliphatic heterocycles. The highest BCUT2D eigenvalue weighted by atomic mass is 16.4. The van der Waals surface area contributed by atoms with Gasteiger partial charge in [0.05, 0.1) is 6.42 Å². The molecular weight excluding hydrogens is 268 g/mol. The van der Waals surface area contributed by atoms with E-state index in [4.69, 9.17) is 5.11 Å². The van der Waals surface area contributed by atoms with Crippen molar-refractivity contribution in [3.8, 4) is 0 Å². The van der Waals surface area contributed by atoms with E-state index in [2.05, 4.69) is 24.5 Å². The van der Waals surface area contributed by atoms with Crippen LogP contribution >= 0.6 is 0 Å². The molecule has 1 unspecified atom stereocenters. The van der Waals surface area contributed by atoms with Gasteiger partial charge in [0.2, 0.25) is 0 Å². The van der Waals surface area contributed by atoms with E-state index in [1.807, 2.05) is 0 Å². The third-order valence-corrected chi connectivity index (χ3v) is 5.29. The fourth-order valence-electron chi connectivity index (χ4n) is 3.51. The smallest absolute Gasteiger partial charge is 0.314 e. The number of rotatable bonds is 6. The quantitative estimate of drug-likeness (QED) is 0.705. The highest BCUT2D eigenvalue weighted by Gasteiger charge is 2.45. The molecule has 2 fully saturated rings. The van der Waals surface area contributed by atoms with Gasteiger partial charge in [-0.1, -0.05) is 33.1 Å². The minimum absolute atomic E-state index is 0.156. The summed E-state index contributed by atoms with van der Waals surface area (Å²) in [5, 5.41) is 14.9. The number of nitrogens with one attached hydrogen (secondary N) is 2. The van der Waals surface area contributed by atoms with Crippen molar-refractivity contribution in [2.45, 2.75) is 58.8 Å². The van der Waals surface area contributed by atoms with Gasteiger partial charge in [-0.25, -0.2) is 4.79 Å². The maximum atomic E-state index is 11.9. The van der Waals surface area contributed by atoms with Crippen LogP contribution in [0.5, 0.6) is 0 Å². The summed E-state index contributed by atoms with van der Waals surface area (Å²) >= 11 is 0. The molecule has 0 aromatic heterocycles. The van der Waals surface area contributed by atoms with Crippen molar-refractivity contribution < 1.29 is 14.7 Å². The molecule has 5 heteroatoms. The Bertz CT molecular complexity index is 400. The van der Waals surface area contributed by atoms with Gasteiger partial charge >= 0.3 is 12.0 Å². The lowest BCUT2D eigenvalue weighted by Gasteiger charge is -2.36. The minimum atomic E-state index is -0.765. The molecule has 120 valence electrons. The summed E-state index contributed by atoms with van der Waals surface area (Å²) in [5.41, 5.74) is 0.113. The Kier molecular flexibility index (Phi) is 4.79. The molecular formula is C16H28N2O3. The van der Waals surface area contributed by atoms with Crippen molar-refractivity contribution in [2.24, 2.45) is 16.7 Å². The predicted molar refractivity (Wildman–Crippen MR) is 81.1 cm³/mol. The van der Waals surface area contributed by atoms with E-state index in [1.165, 1.54) is 6.42 Å². The number of urea groups is 1. The van der Waals surface area contributed by atoms with Crippen LogP contribution in [0, 0.1) is 16.7 Å². The zero-order valence-corrected chi connectivity index (χ0v) is 13.2. The van der Waals surface area contributed by atoms with Crippen LogP contribution in [-0.2, 0) is 4.79 Å². The molecule has 0 saturated heterocycles. The number of amides is 2. The Morgan fingerprint density at radius 3 is 2.29 bits per heavy atom. The van der Waals surface area contributed by atoms with Crippen molar-refractivity contribution in [1.82, 2.24) is 10.6 Å². The maximum absolute atomic E-state index is 11.9. The second-order valence-electron chi connectivity index (χ2n) is 7.58. The van der Waals surface area contributed by atoms with Gasteiger partial charge in [-0.2, -0.15) is 0 Å². The molecule has 2 aliphatic carbocycles. The third kappa shape index (κ3) is 4.61. The average molecular weight is 296 g/mol. The normalized spacial score (nSPS) is 25.9. The van der Waals surface area contributed by atoms with E-state index in [0.717, 1.165) is 32.1 Å². The molecule has 0 aromatic carbocycles. The Hall–Kier alpha value is -1.26. The summed E-state index contributed by atoms with van der Waals surface area (Å²) < 4.78 is 0. The topological polar surface area (TPSA) is 78.4 Å². The molecule has 2 aliphatic rings. The Balaban J connectivity index is 1.75. The first-order chi connectivity index (χ1) is 9.83. The highest BCUT2D eigenvalue weighted by molar-refractivity contribution is 5.74. The number of carboxylic acids is 1. The lowest BCUT2D eigenvalue weighted by Crippen LogP contribution is -2.45. The summed E-state index contributed by atoms with van der Waals surface area (Å²) in [5.74, 6) is -0.190. The number of hydrogen-bond donors (Lipinski definition) is 3. The fourth-order valence-corrected chi connectivity index (χ4v) is 3.51. The second-order valence-corrected chi connectivity index (χ2v) is 7.58. The zero-order chi connectivity index (χ0) is 15.5. The van der Waals surface area contributed by atoms with Crippen LogP contribution in [0.4, 0.5) is 4.79 Å². The highest BCUT2D eigenvalue weighted by Crippen LogP contribution is 2.50. The monoisotopic (exact) mass is 296 g/mol. The summed E-state index contributed by atoms with van der Waals surface area (Å²) in [6.45, 7) is 5.60. The van der Waals surface area contributed by atoms with Gasteiger partial charge < -0.3 is 15.7 Å². The van der Waals surface area contributed by atoms with Gasteiger partial charge in [-0.3, -0.25) is 4.79 Å². The molecule has 21 heavy (non-hydrogen) atoms. The number of carboxylic acid groups (broad SMARTS) is 1. The number of aliphatic carboxylic acids is 1. The summed E-state index contributed by atoms with van der Waals surface area (Å²) in [4.78, 5) is 23.0. The Morgan fingerprint density at radius 1 is 1.14 bits per heavy atom. The van der Waals surface area contributed by atoms with Crippen LogP contribution in [0.15, 0.2) is 0 Å². The zero-order valence-electron chi connectivity index (χ0n) is 13.2. The van der Waals surface area contributed by atoms with E-state index in [-0.39, 0.29) is 17.9 Å². The lowest BCUT2D eigenvalue weighted by molar-refractivity contribution is -0.140. The standard InChI is InChI=1S/C16H28N2O3/c1-15(2)8-12(15)10-17-14(21)18-11-16(9-13(19)20)6-4-3-5-7-16/h12H,3-11H2,1-2H3,(H,19,20)(H2,17,18,21). The molecule has 2 amide bonds. The van der Waals surface area contributed by atoms with E-state index in [1.54, 1.807) is 0 Å². The van der Waals surface area contributed by atoms with E-state index in [9.17, 15) is 9.59 Å². The van der Waals surface area contributed by atoms with Crippen LogP contribution in [0.3, 0.4) is 0 Å². The van der Waals surface area contributed by atoms with Gasteiger partial charge in [-0.05, 0) is 36.0 Å². The van der Waals surface area contributed by atoms with Gasteiger partial charge in [-0.15, -0.1) is 0 Å². The van der Waals surface area contributed by atoms with E-state index >= 15 is 0 Å². The van der Waals surface area contributed by atoms with Crippen LogP contribution in [0.25, 0.3) is 0 Å². The van der Waals surface area contributed by atoms with Crippen molar-refractivity contribution in [1.29, 1.82) is 0 Å². The molecule has 5 nitrogen and oxygen atoms in total. The predicted octanol–water partition coefficient (Wildman–Crippen LogP) is 2.76. The van der Waals surface area contributed by atoms with Crippen molar-refractivity contribution in [2.75, 3.05) is 13.1 Å². The van der Waals surface area contributed by atoms with Crippen molar-refractivity contribution in [3.63, 3.8) is 0 Å². The first-order valence-corrected chi connectivity index (χ1v) is 8.07. The first kappa shape index (κ1) is 16.1. The van der Waals surface area contributed by atoms with Crippen LogP contribution in [0.2, 0.25) is 0 Å². The number of carbonyl (C=O) groups is 2. The summed E-state index contributed by atoms with van der Waals surface area (Å²) in [6.07, 6.45) is 6.41. The third-order valence-electron chi connectivity index (χ3n) is 5.29. The number of carbonyl (C=O) groups excluding carboxylic acids is 1.